The molecule has 4 heteroatoms. The number of fused-ring (bicyclic) bond motifs is 1. The van der Waals surface area contributed by atoms with Crippen molar-refractivity contribution >= 4 is 22.8 Å². The van der Waals surface area contributed by atoms with Gasteiger partial charge in [0.25, 0.3) is 0 Å². The maximum Gasteiger partial charge on any atom is 0.139 e. The van der Waals surface area contributed by atoms with E-state index in [1.807, 2.05) is 16.7 Å². The normalized spacial score (nSPS) is 12.2. The highest BCUT2D eigenvalue weighted by molar-refractivity contribution is 7.15. The van der Waals surface area contributed by atoms with Crippen molar-refractivity contribution in [2.24, 2.45) is 0 Å². The van der Waals surface area contributed by atoms with Gasteiger partial charge in [-0.15, -0.1) is 11.3 Å². The molecule has 0 fully saturated rings. The van der Waals surface area contributed by atoms with Crippen LogP contribution >= 0.6 is 11.3 Å². The second-order valence-electron chi connectivity index (χ2n) is 6.19. The molecule has 20 heavy (non-hydrogen) atoms. The van der Waals surface area contributed by atoms with Crippen LogP contribution in [0.15, 0.2) is 30.5 Å². The molecule has 3 aromatic heterocycles. The summed E-state index contributed by atoms with van der Waals surface area (Å²) in [4.78, 5) is 7.17. The van der Waals surface area contributed by atoms with Gasteiger partial charge >= 0.3 is 0 Å². The Hall–Kier alpha value is -1.81. The molecule has 0 radical (unpaired) electrons. The Morgan fingerprint density at radius 2 is 1.95 bits per heavy atom. The molecule has 0 aliphatic rings. The van der Waals surface area contributed by atoms with E-state index in [-0.39, 0.29) is 5.41 Å². The van der Waals surface area contributed by atoms with E-state index in [0.717, 1.165) is 16.2 Å². The molecule has 2 N–H and O–H groups in total. The third-order valence-corrected chi connectivity index (χ3v) is 4.91. The number of rotatable bonds is 1. The van der Waals surface area contributed by atoms with Gasteiger partial charge in [0.05, 0.1) is 4.88 Å². The highest BCUT2D eigenvalue weighted by Gasteiger charge is 2.19. The number of hydrogen-bond acceptors (Lipinski definition) is 3. The van der Waals surface area contributed by atoms with Gasteiger partial charge in [-0.25, -0.2) is 4.98 Å². The SMILES string of the molecule is Cc1ccn2c(N)c(-c3ccc(C(C)(C)C)s3)nc2c1. The smallest absolute Gasteiger partial charge is 0.139 e. The summed E-state index contributed by atoms with van der Waals surface area (Å²) in [6, 6.07) is 8.40. The first kappa shape index (κ1) is 13.2. The number of anilines is 1. The molecule has 3 rings (SSSR count). The van der Waals surface area contributed by atoms with Crippen LogP contribution in [0.5, 0.6) is 0 Å². The predicted octanol–water partition coefficient (Wildman–Crippen LogP) is 4.25. The van der Waals surface area contributed by atoms with Crippen molar-refractivity contribution in [3.05, 3.63) is 40.9 Å². The zero-order chi connectivity index (χ0) is 14.5. The standard InChI is InChI=1S/C16H19N3S/c1-10-7-8-19-13(9-10)18-14(15(19)17)11-5-6-12(20-11)16(2,3)4/h5-9H,17H2,1-4H3. The van der Waals surface area contributed by atoms with Crippen LogP contribution in [0.4, 0.5) is 5.82 Å². The Labute approximate surface area is 123 Å². The fraction of sp³-hybridized carbons (Fsp3) is 0.312. The lowest BCUT2D eigenvalue weighted by Crippen LogP contribution is -2.07. The van der Waals surface area contributed by atoms with Gasteiger partial charge in [0, 0.05) is 11.1 Å². The molecule has 0 saturated carbocycles. The third-order valence-electron chi connectivity index (χ3n) is 3.40. The lowest BCUT2D eigenvalue weighted by Gasteiger charge is -2.15. The molecule has 0 unspecified atom stereocenters. The second kappa shape index (κ2) is 4.35. The number of nitrogens with two attached hydrogens (primary N) is 1. The zero-order valence-corrected chi connectivity index (χ0v) is 13.1. The van der Waals surface area contributed by atoms with Crippen LogP contribution < -0.4 is 5.73 Å². The molecule has 3 nitrogen and oxygen atoms in total. The van der Waals surface area contributed by atoms with Crippen LogP contribution in [0, 0.1) is 6.92 Å². The van der Waals surface area contributed by atoms with Gasteiger partial charge in [0.2, 0.25) is 0 Å². The van der Waals surface area contributed by atoms with Crippen molar-refractivity contribution in [3.63, 3.8) is 0 Å². The van der Waals surface area contributed by atoms with Crippen LogP contribution in [0.25, 0.3) is 16.2 Å². The highest BCUT2D eigenvalue weighted by atomic mass is 32.1. The van der Waals surface area contributed by atoms with Crippen molar-refractivity contribution in [1.82, 2.24) is 9.38 Å². The van der Waals surface area contributed by atoms with Crippen LogP contribution in [0.3, 0.4) is 0 Å². The fourth-order valence-corrected chi connectivity index (χ4v) is 3.28. The van der Waals surface area contributed by atoms with E-state index in [1.54, 1.807) is 11.3 Å². The molecule has 0 bridgehead atoms. The van der Waals surface area contributed by atoms with E-state index in [0.29, 0.717) is 5.82 Å². The first-order chi connectivity index (χ1) is 9.36. The third kappa shape index (κ3) is 2.10. The molecule has 0 amide bonds. The number of imidazole rings is 1. The minimum absolute atomic E-state index is 0.160. The Balaban J connectivity index is 2.15. The van der Waals surface area contributed by atoms with Gasteiger partial charge in [-0.3, -0.25) is 4.40 Å². The molecule has 0 aliphatic carbocycles. The van der Waals surface area contributed by atoms with E-state index in [9.17, 15) is 0 Å². The van der Waals surface area contributed by atoms with Gasteiger partial charge in [0.1, 0.15) is 17.2 Å². The van der Waals surface area contributed by atoms with Crippen molar-refractivity contribution < 1.29 is 0 Å². The first-order valence-electron chi connectivity index (χ1n) is 6.71. The summed E-state index contributed by atoms with van der Waals surface area (Å²) in [7, 11) is 0. The number of aromatic nitrogens is 2. The molecular weight excluding hydrogens is 266 g/mol. The number of nitrogens with zero attached hydrogens (tertiary/aromatic N) is 2. The number of hydrogen-bond donors (Lipinski definition) is 1. The van der Waals surface area contributed by atoms with Crippen molar-refractivity contribution in [3.8, 4) is 10.6 Å². The van der Waals surface area contributed by atoms with Gasteiger partial charge in [-0.2, -0.15) is 0 Å². The second-order valence-corrected chi connectivity index (χ2v) is 7.28. The van der Waals surface area contributed by atoms with E-state index < -0.39 is 0 Å². The van der Waals surface area contributed by atoms with E-state index in [1.165, 1.54) is 10.4 Å². The number of nitrogen functional groups attached to an aromatic ring is 1. The van der Waals surface area contributed by atoms with Crippen LogP contribution in [0.2, 0.25) is 0 Å². The molecule has 0 aromatic carbocycles. The summed E-state index contributed by atoms with van der Waals surface area (Å²) in [6.07, 6.45) is 1.98. The molecule has 0 spiro atoms. The van der Waals surface area contributed by atoms with Crippen molar-refractivity contribution in [1.29, 1.82) is 0 Å². The van der Waals surface area contributed by atoms with Crippen LogP contribution in [-0.4, -0.2) is 9.38 Å². The summed E-state index contributed by atoms with van der Waals surface area (Å²) in [5, 5.41) is 0. The number of aryl methyl sites for hydroxylation is 1. The van der Waals surface area contributed by atoms with Gasteiger partial charge in [0.15, 0.2) is 0 Å². The quantitative estimate of drug-likeness (QED) is 0.726. The largest absolute Gasteiger partial charge is 0.383 e. The predicted molar refractivity (Wildman–Crippen MR) is 86.4 cm³/mol. The van der Waals surface area contributed by atoms with Gasteiger partial charge < -0.3 is 5.73 Å². The summed E-state index contributed by atoms with van der Waals surface area (Å²) < 4.78 is 1.94. The monoisotopic (exact) mass is 285 g/mol. The van der Waals surface area contributed by atoms with E-state index >= 15 is 0 Å². The zero-order valence-electron chi connectivity index (χ0n) is 12.3. The molecule has 0 atom stereocenters. The summed E-state index contributed by atoms with van der Waals surface area (Å²) in [5.41, 5.74) is 9.39. The molecule has 0 saturated heterocycles. The van der Waals surface area contributed by atoms with Crippen LogP contribution in [0.1, 0.15) is 31.2 Å². The van der Waals surface area contributed by atoms with E-state index in [2.05, 4.69) is 50.9 Å². The summed E-state index contributed by atoms with van der Waals surface area (Å²) >= 11 is 1.77. The number of thiophene rings is 1. The minimum atomic E-state index is 0.160. The Kier molecular flexibility index (Phi) is 2.87. The Morgan fingerprint density at radius 1 is 1.20 bits per heavy atom. The average molecular weight is 285 g/mol. The average Bonchev–Trinajstić information content (AvgIpc) is 2.93. The highest BCUT2D eigenvalue weighted by Crippen LogP contribution is 2.37. The van der Waals surface area contributed by atoms with Crippen molar-refractivity contribution in [2.45, 2.75) is 33.1 Å². The van der Waals surface area contributed by atoms with Gasteiger partial charge in [-0.1, -0.05) is 20.8 Å². The molecule has 0 aliphatic heterocycles. The fourth-order valence-electron chi connectivity index (χ4n) is 2.22. The van der Waals surface area contributed by atoms with Crippen LogP contribution in [-0.2, 0) is 5.41 Å². The maximum atomic E-state index is 6.25. The molecule has 104 valence electrons. The molecule has 3 heterocycles. The topological polar surface area (TPSA) is 43.3 Å². The first-order valence-corrected chi connectivity index (χ1v) is 7.53. The lowest BCUT2D eigenvalue weighted by atomic mass is 9.95. The Bertz CT molecular complexity index is 775. The van der Waals surface area contributed by atoms with E-state index in [4.69, 9.17) is 5.73 Å². The molecular formula is C16H19N3S. The summed E-state index contributed by atoms with van der Waals surface area (Å²) in [6.45, 7) is 8.73. The van der Waals surface area contributed by atoms with Crippen molar-refractivity contribution in [2.75, 3.05) is 5.73 Å². The number of pyridine rings is 1. The van der Waals surface area contributed by atoms with Gasteiger partial charge in [-0.05, 0) is 42.2 Å². The Morgan fingerprint density at radius 3 is 2.60 bits per heavy atom. The molecule has 3 aromatic rings. The maximum absolute atomic E-state index is 6.25. The minimum Gasteiger partial charge on any atom is -0.383 e. The summed E-state index contributed by atoms with van der Waals surface area (Å²) in [5.74, 6) is 0.710. The lowest BCUT2D eigenvalue weighted by molar-refractivity contribution is 0.604.